The van der Waals surface area contributed by atoms with Gasteiger partial charge in [0.1, 0.15) is 5.54 Å². The third-order valence-corrected chi connectivity index (χ3v) is 5.22. The maximum atomic E-state index is 11.3. The zero-order valence-electron chi connectivity index (χ0n) is 14.5. The van der Waals surface area contributed by atoms with Crippen LogP contribution in [0.3, 0.4) is 0 Å². The highest BCUT2D eigenvalue weighted by molar-refractivity contribution is 5.78. The predicted molar refractivity (Wildman–Crippen MR) is 87.6 cm³/mol. The molecule has 0 bridgehead atoms. The molecule has 0 radical (unpaired) electrons. The van der Waals surface area contributed by atoms with Crippen LogP contribution in [-0.4, -0.2) is 48.2 Å². The van der Waals surface area contributed by atoms with Crippen molar-refractivity contribution in [2.24, 2.45) is 11.3 Å². The van der Waals surface area contributed by atoms with Crippen LogP contribution in [0.15, 0.2) is 0 Å². The van der Waals surface area contributed by atoms with E-state index in [2.05, 4.69) is 31.0 Å². The lowest BCUT2D eigenvalue weighted by Gasteiger charge is -2.30. The highest BCUT2D eigenvalue weighted by Gasteiger charge is 2.31. The van der Waals surface area contributed by atoms with E-state index in [1.165, 1.54) is 19.3 Å². The summed E-state index contributed by atoms with van der Waals surface area (Å²) in [5, 5.41) is 12.2. The Morgan fingerprint density at radius 3 is 2.43 bits per heavy atom. The number of hydrogen-bond donors (Lipinski definition) is 2. The van der Waals surface area contributed by atoms with Crippen LogP contribution in [0.2, 0.25) is 0 Å². The Morgan fingerprint density at radius 2 is 1.90 bits per heavy atom. The standard InChI is InChI=1S/C17H34N2O2/c1-16(2,3)14-8-6-11-19(13-9-14)12-7-10-17(4,18-5)15(20)21/h14,18H,6-13H2,1-5H3,(H,20,21). The zero-order chi connectivity index (χ0) is 16.1. The van der Waals surface area contributed by atoms with Crippen molar-refractivity contribution >= 4 is 5.97 Å². The summed E-state index contributed by atoms with van der Waals surface area (Å²) in [6.45, 7) is 12.1. The molecule has 1 heterocycles. The van der Waals surface area contributed by atoms with E-state index >= 15 is 0 Å². The molecule has 0 aromatic heterocycles. The van der Waals surface area contributed by atoms with Crippen molar-refractivity contribution in [1.29, 1.82) is 0 Å². The number of carboxylic acids is 1. The Kier molecular flexibility index (Phi) is 6.67. The second-order valence-electron chi connectivity index (χ2n) is 7.83. The third-order valence-electron chi connectivity index (χ3n) is 5.22. The molecule has 0 amide bonds. The van der Waals surface area contributed by atoms with E-state index in [9.17, 15) is 9.90 Å². The normalized spacial score (nSPS) is 24.3. The fraction of sp³-hybridized carbons (Fsp3) is 0.941. The molecule has 1 rings (SSSR count). The first-order chi connectivity index (χ1) is 9.69. The van der Waals surface area contributed by atoms with E-state index in [4.69, 9.17) is 0 Å². The lowest BCUT2D eigenvalue weighted by Crippen LogP contribution is -2.47. The van der Waals surface area contributed by atoms with E-state index in [0.717, 1.165) is 32.0 Å². The van der Waals surface area contributed by atoms with Crippen LogP contribution >= 0.6 is 0 Å². The summed E-state index contributed by atoms with van der Waals surface area (Å²) in [5.41, 5.74) is -0.385. The van der Waals surface area contributed by atoms with Crippen molar-refractivity contribution in [1.82, 2.24) is 10.2 Å². The first kappa shape index (κ1) is 18.4. The van der Waals surface area contributed by atoms with Gasteiger partial charge in [-0.3, -0.25) is 4.79 Å². The summed E-state index contributed by atoms with van der Waals surface area (Å²) in [6.07, 6.45) is 5.47. The summed E-state index contributed by atoms with van der Waals surface area (Å²) < 4.78 is 0. The molecule has 1 aliphatic heterocycles. The van der Waals surface area contributed by atoms with E-state index in [0.29, 0.717) is 11.8 Å². The second kappa shape index (κ2) is 7.59. The van der Waals surface area contributed by atoms with Gasteiger partial charge in [-0.1, -0.05) is 20.8 Å². The topological polar surface area (TPSA) is 52.6 Å². The Labute approximate surface area is 130 Å². The van der Waals surface area contributed by atoms with E-state index in [1.807, 2.05) is 0 Å². The molecule has 2 unspecified atom stereocenters. The summed E-state index contributed by atoms with van der Waals surface area (Å²) >= 11 is 0. The van der Waals surface area contributed by atoms with Crippen molar-refractivity contribution in [3.63, 3.8) is 0 Å². The van der Waals surface area contributed by atoms with Crippen LogP contribution in [0.25, 0.3) is 0 Å². The van der Waals surface area contributed by atoms with Crippen LogP contribution in [-0.2, 0) is 4.79 Å². The molecule has 21 heavy (non-hydrogen) atoms. The number of carbonyl (C=O) groups is 1. The van der Waals surface area contributed by atoms with Crippen LogP contribution in [0.1, 0.15) is 59.8 Å². The average Bonchev–Trinajstić information content (AvgIpc) is 2.63. The number of hydrogen-bond acceptors (Lipinski definition) is 3. The first-order valence-corrected chi connectivity index (χ1v) is 8.34. The van der Waals surface area contributed by atoms with Gasteiger partial charge in [0.2, 0.25) is 0 Å². The molecule has 4 nitrogen and oxygen atoms in total. The van der Waals surface area contributed by atoms with Gasteiger partial charge in [-0.25, -0.2) is 0 Å². The molecule has 2 atom stereocenters. The Morgan fingerprint density at radius 1 is 1.24 bits per heavy atom. The largest absolute Gasteiger partial charge is 0.480 e. The molecule has 1 fully saturated rings. The molecule has 1 aliphatic rings. The minimum Gasteiger partial charge on any atom is -0.480 e. The molecule has 4 heteroatoms. The molecule has 2 N–H and O–H groups in total. The van der Waals surface area contributed by atoms with E-state index in [-0.39, 0.29) is 0 Å². The molecule has 1 saturated heterocycles. The van der Waals surface area contributed by atoms with Crippen molar-refractivity contribution in [3.05, 3.63) is 0 Å². The smallest absolute Gasteiger partial charge is 0.323 e. The van der Waals surface area contributed by atoms with Gasteiger partial charge in [-0.15, -0.1) is 0 Å². The number of rotatable bonds is 6. The first-order valence-electron chi connectivity index (χ1n) is 8.34. The predicted octanol–water partition coefficient (Wildman–Crippen LogP) is 2.98. The highest BCUT2D eigenvalue weighted by Crippen LogP contribution is 2.34. The molecule has 0 aliphatic carbocycles. The second-order valence-corrected chi connectivity index (χ2v) is 7.83. The third kappa shape index (κ3) is 5.59. The summed E-state index contributed by atoms with van der Waals surface area (Å²) in [5.74, 6) is 0.0535. The number of nitrogens with zero attached hydrogens (tertiary/aromatic N) is 1. The van der Waals surface area contributed by atoms with Crippen molar-refractivity contribution < 1.29 is 9.90 Å². The van der Waals surface area contributed by atoms with Crippen LogP contribution in [0, 0.1) is 11.3 Å². The number of nitrogens with one attached hydrogen (secondary N) is 1. The molecule has 0 saturated carbocycles. The van der Waals surface area contributed by atoms with Gasteiger partial charge >= 0.3 is 5.97 Å². The monoisotopic (exact) mass is 298 g/mol. The molecular formula is C17H34N2O2. The summed E-state index contributed by atoms with van der Waals surface area (Å²) in [7, 11) is 1.73. The Balaban J connectivity index is 2.39. The van der Waals surface area contributed by atoms with E-state index in [1.54, 1.807) is 14.0 Å². The molecule has 0 aromatic rings. The van der Waals surface area contributed by atoms with Gasteiger partial charge < -0.3 is 15.3 Å². The summed E-state index contributed by atoms with van der Waals surface area (Å²) in [6, 6.07) is 0. The molecule has 0 aromatic carbocycles. The lowest BCUT2D eigenvalue weighted by atomic mass is 9.77. The fourth-order valence-corrected chi connectivity index (χ4v) is 3.24. The van der Waals surface area contributed by atoms with E-state index < -0.39 is 11.5 Å². The zero-order valence-corrected chi connectivity index (χ0v) is 14.5. The molecular weight excluding hydrogens is 264 g/mol. The van der Waals surface area contributed by atoms with Crippen LogP contribution in [0.5, 0.6) is 0 Å². The number of likely N-dealkylation sites (tertiary alicyclic amines) is 1. The number of likely N-dealkylation sites (N-methyl/N-ethyl adjacent to an activating group) is 1. The van der Waals surface area contributed by atoms with Gasteiger partial charge in [0.25, 0.3) is 0 Å². The maximum Gasteiger partial charge on any atom is 0.323 e. The van der Waals surface area contributed by atoms with Gasteiger partial charge in [0, 0.05) is 0 Å². The summed E-state index contributed by atoms with van der Waals surface area (Å²) in [4.78, 5) is 13.8. The van der Waals surface area contributed by atoms with Crippen molar-refractivity contribution in [3.8, 4) is 0 Å². The van der Waals surface area contributed by atoms with Gasteiger partial charge in [0.15, 0.2) is 0 Å². The van der Waals surface area contributed by atoms with Crippen molar-refractivity contribution in [2.45, 2.75) is 65.3 Å². The number of carboxylic acid groups (broad SMARTS) is 1. The quantitative estimate of drug-likeness (QED) is 0.791. The molecule has 0 spiro atoms. The van der Waals surface area contributed by atoms with Gasteiger partial charge in [-0.2, -0.15) is 0 Å². The average molecular weight is 298 g/mol. The van der Waals surface area contributed by atoms with Gasteiger partial charge in [-0.05, 0) is 77.0 Å². The van der Waals surface area contributed by atoms with Crippen LogP contribution < -0.4 is 5.32 Å². The Hall–Kier alpha value is -0.610. The lowest BCUT2D eigenvalue weighted by molar-refractivity contribution is -0.144. The SMILES string of the molecule is CNC(C)(CCCN1CCCC(C(C)(C)C)CC1)C(=O)O. The minimum atomic E-state index is -0.792. The fourth-order valence-electron chi connectivity index (χ4n) is 3.24. The minimum absolute atomic E-state index is 0.407. The maximum absolute atomic E-state index is 11.3. The van der Waals surface area contributed by atoms with Gasteiger partial charge in [0.05, 0.1) is 0 Å². The highest BCUT2D eigenvalue weighted by atomic mass is 16.4. The molecule has 124 valence electrons. The van der Waals surface area contributed by atoms with Crippen molar-refractivity contribution in [2.75, 3.05) is 26.7 Å². The van der Waals surface area contributed by atoms with Crippen LogP contribution in [0.4, 0.5) is 0 Å². The Bertz CT molecular complexity index is 338. The number of aliphatic carboxylic acids is 1.